The first-order valence-electron chi connectivity index (χ1n) is 8.77. The first kappa shape index (κ1) is 18.4. The molecule has 0 bridgehead atoms. The van der Waals surface area contributed by atoms with Crippen molar-refractivity contribution in [2.45, 2.75) is 26.7 Å². The molecule has 0 aliphatic carbocycles. The molecule has 24 heavy (non-hydrogen) atoms. The van der Waals surface area contributed by atoms with Gasteiger partial charge >= 0.3 is 0 Å². The van der Waals surface area contributed by atoms with Gasteiger partial charge in [-0.25, -0.2) is 0 Å². The monoisotopic (exact) mass is 334 g/mol. The topological polar surface area (TPSA) is 72.1 Å². The molecule has 1 fully saturated rings. The van der Waals surface area contributed by atoms with Crippen molar-refractivity contribution in [3.8, 4) is 11.5 Å². The molecule has 6 nitrogen and oxygen atoms in total. The van der Waals surface area contributed by atoms with E-state index in [-0.39, 0.29) is 0 Å². The molecule has 134 valence electrons. The van der Waals surface area contributed by atoms with Gasteiger partial charge in [0.2, 0.25) is 0 Å². The van der Waals surface area contributed by atoms with Crippen molar-refractivity contribution in [3.63, 3.8) is 0 Å². The molecule has 1 unspecified atom stereocenters. The SMILES string of the molecule is CCOc1ccc(OCC)c(NC(N)=NCC2CCCN(C)C2)c1. The van der Waals surface area contributed by atoms with Crippen LogP contribution < -0.4 is 20.5 Å². The minimum atomic E-state index is 0.415. The van der Waals surface area contributed by atoms with Gasteiger partial charge in [0.25, 0.3) is 0 Å². The number of benzene rings is 1. The molecule has 0 saturated carbocycles. The van der Waals surface area contributed by atoms with Crippen LogP contribution in [0.15, 0.2) is 23.2 Å². The molecule has 1 heterocycles. The molecular weight excluding hydrogens is 304 g/mol. The Bertz CT molecular complexity index is 548. The summed E-state index contributed by atoms with van der Waals surface area (Å²) < 4.78 is 11.2. The molecule has 0 aromatic heterocycles. The van der Waals surface area contributed by atoms with Crippen molar-refractivity contribution in [2.24, 2.45) is 16.6 Å². The Morgan fingerprint density at radius 3 is 2.83 bits per heavy atom. The zero-order chi connectivity index (χ0) is 17.4. The predicted octanol–water partition coefficient (Wildman–Crippen LogP) is 2.55. The predicted molar refractivity (Wildman–Crippen MR) is 99.1 cm³/mol. The largest absolute Gasteiger partial charge is 0.494 e. The zero-order valence-corrected chi connectivity index (χ0v) is 15.0. The smallest absolute Gasteiger partial charge is 0.193 e. The maximum Gasteiger partial charge on any atom is 0.193 e. The molecule has 0 amide bonds. The molecular formula is C18H30N4O2. The number of hydrogen-bond acceptors (Lipinski definition) is 4. The van der Waals surface area contributed by atoms with Crippen LogP contribution in [0, 0.1) is 5.92 Å². The van der Waals surface area contributed by atoms with Crippen LogP contribution in [0.2, 0.25) is 0 Å². The number of nitrogens with zero attached hydrogens (tertiary/aromatic N) is 2. The van der Waals surface area contributed by atoms with E-state index in [1.54, 1.807) is 0 Å². The Hall–Kier alpha value is -1.95. The minimum absolute atomic E-state index is 0.415. The number of ether oxygens (including phenoxy) is 2. The molecule has 1 aliphatic heterocycles. The highest BCUT2D eigenvalue weighted by Gasteiger charge is 2.16. The fourth-order valence-electron chi connectivity index (χ4n) is 2.97. The van der Waals surface area contributed by atoms with E-state index in [1.165, 1.54) is 19.4 Å². The number of rotatable bonds is 7. The quantitative estimate of drug-likeness (QED) is 0.592. The maximum absolute atomic E-state index is 6.08. The third kappa shape index (κ3) is 5.60. The number of nitrogens with one attached hydrogen (secondary N) is 1. The van der Waals surface area contributed by atoms with E-state index >= 15 is 0 Å². The van der Waals surface area contributed by atoms with Gasteiger partial charge in [0, 0.05) is 19.2 Å². The van der Waals surface area contributed by atoms with Crippen molar-refractivity contribution in [1.82, 2.24) is 4.90 Å². The molecule has 1 saturated heterocycles. The van der Waals surface area contributed by atoms with Crippen molar-refractivity contribution in [2.75, 3.05) is 45.2 Å². The van der Waals surface area contributed by atoms with Crippen LogP contribution in [0.1, 0.15) is 26.7 Å². The van der Waals surface area contributed by atoms with Gasteiger partial charge in [-0.3, -0.25) is 4.99 Å². The van der Waals surface area contributed by atoms with Crippen LogP contribution in [-0.2, 0) is 0 Å². The molecule has 1 aromatic carbocycles. The lowest BCUT2D eigenvalue weighted by atomic mass is 9.99. The highest BCUT2D eigenvalue weighted by molar-refractivity contribution is 5.94. The standard InChI is InChI=1S/C18H30N4O2/c1-4-23-15-8-9-17(24-5-2)16(11-15)21-18(19)20-12-14-7-6-10-22(3)13-14/h8-9,11,14H,4-7,10,12-13H2,1-3H3,(H3,19,20,21). The first-order valence-corrected chi connectivity index (χ1v) is 8.77. The summed E-state index contributed by atoms with van der Waals surface area (Å²) in [5, 5.41) is 3.15. The van der Waals surface area contributed by atoms with Crippen LogP contribution in [0.25, 0.3) is 0 Å². The molecule has 3 N–H and O–H groups in total. The summed E-state index contributed by atoms with van der Waals surface area (Å²) in [6, 6.07) is 5.68. The molecule has 0 radical (unpaired) electrons. The minimum Gasteiger partial charge on any atom is -0.494 e. The van der Waals surface area contributed by atoms with Gasteiger partial charge in [0.05, 0.1) is 18.9 Å². The summed E-state index contributed by atoms with van der Waals surface area (Å²) in [6.07, 6.45) is 2.44. The summed E-state index contributed by atoms with van der Waals surface area (Å²) in [6.45, 7) is 8.13. The summed E-state index contributed by atoms with van der Waals surface area (Å²) in [7, 11) is 2.16. The zero-order valence-electron chi connectivity index (χ0n) is 15.0. The fraction of sp³-hybridized carbons (Fsp3) is 0.611. The maximum atomic E-state index is 6.08. The summed E-state index contributed by atoms with van der Waals surface area (Å²) in [5.41, 5.74) is 6.86. The van der Waals surface area contributed by atoms with E-state index in [0.29, 0.717) is 25.1 Å². The molecule has 1 aliphatic rings. The number of hydrogen-bond donors (Lipinski definition) is 2. The average Bonchev–Trinajstić information content (AvgIpc) is 2.56. The Balaban J connectivity index is 2.01. The highest BCUT2D eigenvalue weighted by Crippen LogP contribution is 2.29. The third-order valence-corrected chi connectivity index (χ3v) is 4.07. The van der Waals surface area contributed by atoms with E-state index < -0.39 is 0 Å². The van der Waals surface area contributed by atoms with Crippen molar-refractivity contribution < 1.29 is 9.47 Å². The van der Waals surface area contributed by atoms with Crippen LogP contribution in [0.4, 0.5) is 5.69 Å². The van der Waals surface area contributed by atoms with Gasteiger partial charge < -0.3 is 25.4 Å². The van der Waals surface area contributed by atoms with Gasteiger partial charge in [-0.05, 0) is 58.3 Å². The van der Waals surface area contributed by atoms with Crippen LogP contribution in [-0.4, -0.2) is 50.8 Å². The lowest BCUT2D eigenvalue weighted by molar-refractivity contribution is 0.214. The van der Waals surface area contributed by atoms with E-state index in [1.807, 2.05) is 32.0 Å². The number of anilines is 1. The third-order valence-electron chi connectivity index (χ3n) is 4.07. The van der Waals surface area contributed by atoms with Crippen molar-refractivity contribution in [3.05, 3.63) is 18.2 Å². The van der Waals surface area contributed by atoms with Crippen molar-refractivity contribution in [1.29, 1.82) is 0 Å². The fourth-order valence-corrected chi connectivity index (χ4v) is 2.97. The van der Waals surface area contributed by atoms with Crippen LogP contribution in [0.5, 0.6) is 11.5 Å². The van der Waals surface area contributed by atoms with Gasteiger partial charge in [0.15, 0.2) is 5.96 Å². The lowest BCUT2D eigenvalue weighted by Gasteiger charge is -2.28. The van der Waals surface area contributed by atoms with Gasteiger partial charge in [-0.15, -0.1) is 0 Å². The summed E-state index contributed by atoms with van der Waals surface area (Å²) >= 11 is 0. The molecule has 2 rings (SSSR count). The number of likely N-dealkylation sites (tertiary alicyclic amines) is 1. The van der Waals surface area contributed by atoms with Gasteiger partial charge in [0.1, 0.15) is 11.5 Å². The second-order valence-electron chi connectivity index (χ2n) is 6.15. The summed E-state index contributed by atoms with van der Waals surface area (Å²) in [5.74, 6) is 2.52. The number of guanidine groups is 1. The number of piperidine rings is 1. The van der Waals surface area contributed by atoms with Crippen molar-refractivity contribution >= 4 is 11.6 Å². The lowest BCUT2D eigenvalue weighted by Crippen LogP contribution is -2.34. The van der Waals surface area contributed by atoms with E-state index in [2.05, 4.69) is 22.3 Å². The van der Waals surface area contributed by atoms with E-state index in [4.69, 9.17) is 15.2 Å². The van der Waals surface area contributed by atoms with Gasteiger partial charge in [-0.2, -0.15) is 0 Å². The molecule has 1 aromatic rings. The Labute approximate surface area is 145 Å². The van der Waals surface area contributed by atoms with E-state index in [9.17, 15) is 0 Å². The second kappa shape index (κ2) is 9.37. The second-order valence-corrected chi connectivity index (χ2v) is 6.15. The van der Waals surface area contributed by atoms with Crippen LogP contribution >= 0.6 is 0 Å². The van der Waals surface area contributed by atoms with Gasteiger partial charge in [-0.1, -0.05) is 0 Å². The van der Waals surface area contributed by atoms with Crippen LogP contribution in [0.3, 0.4) is 0 Å². The number of aliphatic imine (C=N–C) groups is 1. The summed E-state index contributed by atoms with van der Waals surface area (Å²) in [4.78, 5) is 6.87. The first-order chi connectivity index (χ1) is 11.6. The Kier molecular flexibility index (Phi) is 7.18. The highest BCUT2D eigenvalue weighted by atomic mass is 16.5. The Morgan fingerprint density at radius 1 is 1.33 bits per heavy atom. The number of nitrogens with two attached hydrogens (primary N) is 1. The molecule has 1 atom stereocenters. The molecule has 6 heteroatoms. The molecule has 0 spiro atoms. The normalized spacial score (nSPS) is 19.1. The van der Waals surface area contributed by atoms with E-state index in [0.717, 1.165) is 30.3 Å². The Morgan fingerprint density at radius 2 is 2.12 bits per heavy atom. The average molecular weight is 334 g/mol.